The third-order valence-corrected chi connectivity index (χ3v) is 2.52. The Labute approximate surface area is 113 Å². The van der Waals surface area contributed by atoms with Gasteiger partial charge in [0.05, 0.1) is 24.0 Å². The van der Waals surface area contributed by atoms with Gasteiger partial charge in [0.15, 0.2) is 0 Å². The maximum Gasteiger partial charge on any atom is 0.225 e. The number of amides is 1. The maximum absolute atomic E-state index is 11.5. The van der Waals surface area contributed by atoms with Gasteiger partial charge in [-0.1, -0.05) is 0 Å². The molecule has 0 radical (unpaired) electrons. The van der Waals surface area contributed by atoms with Crippen molar-refractivity contribution in [2.75, 3.05) is 23.8 Å². The van der Waals surface area contributed by atoms with E-state index >= 15 is 0 Å². The number of aliphatic hydroxyl groups excluding tert-OH is 1. The molecule has 106 valence electrons. The van der Waals surface area contributed by atoms with Crippen molar-refractivity contribution in [1.29, 1.82) is 0 Å². The van der Waals surface area contributed by atoms with Crippen LogP contribution in [0, 0.1) is 0 Å². The summed E-state index contributed by atoms with van der Waals surface area (Å²) in [5.74, 6) is 0.420. The fourth-order valence-electron chi connectivity index (χ4n) is 1.44. The summed E-state index contributed by atoms with van der Waals surface area (Å²) in [6, 6.07) is 3.53. The minimum atomic E-state index is -0.409. The molecule has 0 spiro atoms. The molecular weight excluding hydrogens is 244 g/mol. The first-order valence-electron chi connectivity index (χ1n) is 6.32. The topological polar surface area (TPSA) is 100 Å². The van der Waals surface area contributed by atoms with Crippen LogP contribution in [0.4, 0.5) is 11.5 Å². The van der Waals surface area contributed by atoms with Crippen molar-refractivity contribution in [1.82, 2.24) is 4.98 Å². The molecule has 0 saturated carbocycles. The second-order valence-corrected chi connectivity index (χ2v) is 5.04. The quantitative estimate of drug-likeness (QED) is 0.588. The minimum absolute atomic E-state index is 0.0184. The summed E-state index contributed by atoms with van der Waals surface area (Å²) in [4.78, 5) is 15.6. The second-order valence-electron chi connectivity index (χ2n) is 5.04. The number of nitrogens with zero attached hydrogens (tertiary/aromatic N) is 1. The molecular formula is C13H22N4O2. The van der Waals surface area contributed by atoms with Crippen LogP contribution in [-0.2, 0) is 4.79 Å². The Morgan fingerprint density at radius 3 is 2.74 bits per heavy atom. The van der Waals surface area contributed by atoms with Crippen LogP contribution in [0.1, 0.15) is 26.7 Å². The summed E-state index contributed by atoms with van der Waals surface area (Å²) in [5.41, 5.74) is 5.72. The highest BCUT2D eigenvalue weighted by molar-refractivity contribution is 5.89. The Bertz CT molecular complexity index is 404. The number of hydrogen-bond acceptors (Lipinski definition) is 5. The molecule has 1 amide bonds. The van der Waals surface area contributed by atoms with Crippen molar-refractivity contribution >= 4 is 17.4 Å². The van der Waals surface area contributed by atoms with E-state index in [4.69, 9.17) is 10.8 Å². The monoisotopic (exact) mass is 266 g/mol. The SMILES string of the molecule is CC(C)(CO)Nc1ccc(NC(=O)CCCN)nc1. The molecule has 6 heteroatoms. The van der Waals surface area contributed by atoms with Crippen molar-refractivity contribution in [2.45, 2.75) is 32.2 Å². The van der Waals surface area contributed by atoms with Crippen LogP contribution < -0.4 is 16.4 Å². The lowest BCUT2D eigenvalue weighted by Gasteiger charge is -2.24. The zero-order valence-corrected chi connectivity index (χ0v) is 11.4. The molecule has 0 aliphatic heterocycles. The molecule has 0 aromatic carbocycles. The number of pyridine rings is 1. The lowest BCUT2D eigenvalue weighted by Crippen LogP contribution is -2.34. The zero-order valence-electron chi connectivity index (χ0n) is 11.4. The molecule has 0 saturated heterocycles. The van der Waals surface area contributed by atoms with E-state index in [1.54, 1.807) is 12.3 Å². The number of carbonyl (C=O) groups excluding carboxylic acids is 1. The zero-order chi connectivity index (χ0) is 14.3. The molecule has 5 N–H and O–H groups in total. The summed E-state index contributed by atoms with van der Waals surface area (Å²) >= 11 is 0. The summed E-state index contributed by atoms with van der Waals surface area (Å²) < 4.78 is 0. The Morgan fingerprint density at radius 1 is 1.47 bits per heavy atom. The summed E-state index contributed by atoms with van der Waals surface area (Å²) in [7, 11) is 0. The third kappa shape index (κ3) is 5.67. The number of aromatic nitrogens is 1. The fourth-order valence-corrected chi connectivity index (χ4v) is 1.44. The second kappa shape index (κ2) is 7.06. The number of aliphatic hydroxyl groups is 1. The number of nitrogens with one attached hydrogen (secondary N) is 2. The van der Waals surface area contributed by atoms with Crippen LogP contribution in [-0.4, -0.2) is 34.7 Å². The van der Waals surface area contributed by atoms with Gasteiger partial charge >= 0.3 is 0 Å². The molecule has 0 atom stereocenters. The molecule has 1 heterocycles. The normalized spacial score (nSPS) is 11.2. The number of anilines is 2. The van der Waals surface area contributed by atoms with E-state index in [-0.39, 0.29) is 12.5 Å². The largest absolute Gasteiger partial charge is 0.394 e. The van der Waals surface area contributed by atoms with Crippen LogP contribution >= 0.6 is 0 Å². The van der Waals surface area contributed by atoms with Gasteiger partial charge in [-0.2, -0.15) is 0 Å². The molecule has 1 aromatic heterocycles. The highest BCUT2D eigenvalue weighted by atomic mass is 16.3. The van der Waals surface area contributed by atoms with E-state index in [1.165, 1.54) is 0 Å². The van der Waals surface area contributed by atoms with Crippen LogP contribution in [0.5, 0.6) is 0 Å². The summed E-state index contributed by atoms with van der Waals surface area (Å²) in [5, 5.41) is 15.0. The first kappa shape index (κ1) is 15.4. The van der Waals surface area contributed by atoms with Crippen LogP contribution in [0.15, 0.2) is 18.3 Å². The smallest absolute Gasteiger partial charge is 0.225 e. The van der Waals surface area contributed by atoms with Gasteiger partial charge < -0.3 is 21.5 Å². The van der Waals surface area contributed by atoms with Crippen molar-refractivity contribution in [3.63, 3.8) is 0 Å². The summed E-state index contributed by atoms with van der Waals surface area (Å²) in [6.45, 7) is 4.29. The maximum atomic E-state index is 11.5. The van der Waals surface area contributed by atoms with E-state index < -0.39 is 5.54 Å². The number of rotatable bonds is 7. The first-order chi connectivity index (χ1) is 8.96. The molecule has 6 nitrogen and oxygen atoms in total. The van der Waals surface area contributed by atoms with Gasteiger partial charge in [-0.25, -0.2) is 4.98 Å². The molecule has 1 rings (SSSR count). The minimum Gasteiger partial charge on any atom is -0.394 e. The molecule has 0 aliphatic rings. The molecule has 19 heavy (non-hydrogen) atoms. The third-order valence-electron chi connectivity index (χ3n) is 2.52. The van der Waals surface area contributed by atoms with Gasteiger partial charge in [0.2, 0.25) is 5.91 Å². The van der Waals surface area contributed by atoms with E-state index in [0.717, 1.165) is 5.69 Å². The summed E-state index contributed by atoms with van der Waals surface area (Å²) in [6.07, 6.45) is 2.68. The van der Waals surface area contributed by atoms with Crippen molar-refractivity contribution in [3.05, 3.63) is 18.3 Å². The van der Waals surface area contributed by atoms with E-state index in [1.807, 2.05) is 19.9 Å². The van der Waals surface area contributed by atoms with E-state index in [9.17, 15) is 4.79 Å². The molecule has 0 fully saturated rings. The molecule has 0 aliphatic carbocycles. The average molecular weight is 266 g/mol. The van der Waals surface area contributed by atoms with Crippen molar-refractivity contribution in [3.8, 4) is 0 Å². The standard InChI is InChI=1S/C13H22N4O2/c1-13(2,9-18)17-10-5-6-11(15-8-10)16-12(19)4-3-7-14/h5-6,8,17-18H,3-4,7,9,14H2,1-2H3,(H,15,16,19). The Balaban J connectivity index is 2.54. The highest BCUT2D eigenvalue weighted by Crippen LogP contribution is 2.15. The molecule has 1 aromatic rings. The van der Waals surface area contributed by atoms with Gasteiger partial charge in [0, 0.05) is 6.42 Å². The molecule has 0 bridgehead atoms. The predicted octanol–water partition coefficient (Wildman–Crippen LogP) is 0.942. The van der Waals surface area contributed by atoms with Crippen LogP contribution in [0.25, 0.3) is 0 Å². The lowest BCUT2D eigenvalue weighted by molar-refractivity contribution is -0.116. The predicted molar refractivity (Wildman–Crippen MR) is 75.9 cm³/mol. The van der Waals surface area contributed by atoms with E-state index in [0.29, 0.717) is 25.2 Å². The number of hydrogen-bond donors (Lipinski definition) is 4. The molecule has 0 unspecified atom stereocenters. The number of nitrogens with two attached hydrogens (primary N) is 1. The Morgan fingerprint density at radius 2 is 2.21 bits per heavy atom. The van der Waals surface area contributed by atoms with Gasteiger partial charge in [-0.3, -0.25) is 4.79 Å². The van der Waals surface area contributed by atoms with Crippen LogP contribution in [0.3, 0.4) is 0 Å². The Hall–Kier alpha value is -1.66. The fraction of sp³-hybridized carbons (Fsp3) is 0.538. The van der Waals surface area contributed by atoms with Gasteiger partial charge in [0.1, 0.15) is 5.82 Å². The van der Waals surface area contributed by atoms with E-state index in [2.05, 4.69) is 15.6 Å². The first-order valence-corrected chi connectivity index (χ1v) is 6.32. The van der Waals surface area contributed by atoms with Gasteiger partial charge in [0.25, 0.3) is 0 Å². The number of carbonyl (C=O) groups is 1. The van der Waals surface area contributed by atoms with Gasteiger partial charge in [-0.05, 0) is 38.9 Å². The Kier molecular flexibility index (Phi) is 5.72. The van der Waals surface area contributed by atoms with Gasteiger partial charge in [-0.15, -0.1) is 0 Å². The lowest BCUT2D eigenvalue weighted by atomic mass is 10.1. The average Bonchev–Trinajstić information content (AvgIpc) is 2.38. The van der Waals surface area contributed by atoms with Crippen molar-refractivity contribution < 1.29 is 9.90 Å². The van der Waals surface area contributed by atoms with Crippen LogP contribution in [0.2, 0.25) is 0 Å². The highest BCUT2D eigenvalue weighted by Gasteiger charge is 2.15. The van der Waals surface area contributed by atoms with Crippen molar-refractivity contribution in [2.24, 2.45) is 5.73 Å².